The summed E-state index contributed by atoms with van der Waals surface area (Å²) in [7, 11) is 0. The summed E-state index contributed by atoms with van der Waals surface area (Å²) in [4.78, 5) is 11.6. The Morgan fingerprint density at radius 3 is 1.76 bits per heavy atom. The summed E-state index contributed by atoms with van der Waals surface area (Å²) in [5, 5.41) is 8.48. The van der Waals surface area contributed by atoms with E-state index in [1.54, 1.807) is 0 Å². The molecular formula is C15H28O6. The van der Waals surface area contributed by atoms with Gasteiger partial charge in [-0.3, -0.25) is 0 Å². The van der Waals surface area contributed by atoms with Gasteiger partial charge in [0, 0.05) is 5.57 Å². The van der Waals surface area contributed by atoms with E-state index in [0.29, 0.717) is 45.2 Å². The Bertz CT molecular complexity index is 295. The maximum Gasteiger partial charge on any atom is 0.334 e. The van der Waals surface area contributed by atoms with Crippen molar-refractivity contribution >= 4 is 5.97 Å². The van der Waals surface area contributed by atoms with Crippen molar-refractivity contribution in [3.63, 3.8) is 0 Å². The molecule has 1 N–H and O–H groups in total. The fraction of sp³-hybridized carbons (Fsp3) is 0.800. The van der Waals surface area contributed by atoms with Crippen molar-refractivity contribution in [2.45, 2.75) is 20.8 Å². The Morgan fingerprint density at radius 2 is 1.33 bits per heavy atom. The van der Waals surface area contributed by atoms with Gasteiger partial charge in [0.2, 0.25) is 0 Å². The zero-order valence-corrected chi connectivity index (χ0v) is 13.4. The summed E-state index contributed by atoms with van der Waals surface area (Å²) < 4.78 is 20.6. The minimum absolute atomic E-state index is 0.0173. The number of ether oxygens (including phenoxy) is 4. The van der Waals surface area contributed by atoms with Crippen molar-refractivity contribution in [2.24, 2.45) is 5.41 Å². The smallest absolute Gasteiger partial charge is 0.334 e. The Kier molecular flexibility index (Phi) is 11.2. The van der Waals surface area contributed by atoms with E-state index in [9.17, 15) is 4.79 Å². The molecule has 0 aromatic carbocycles. The topological polar surface area (TPSA) is 74.2 Å². The molecule has 0 saturated heterocycles. The van der Waals surface area contributed by atoms with Crippen LogP contribution in [-0.2, 0) is 23.7 Å². The van der Waals surface area contributed by atoms with Gasteiger partial charge in [-0.1, -0.05) is 27.4 Å². The van der Waals surface area contributed by atoms with Crippen LogP contribution in [0.25, 0.3) is 0 Å². The highest BCUT2D eigenvalue weighted by Crippen LogP contribution is 2.24. The molecule has 0 aliphatic carbocycles. The lowest BCUT2D eigenvalue weighted by Crippen LogP contribution is -2.21. The largest absolute Gasteiger partial charge is 0.460 e. The summed E-state index contributed by atoms with van der Waals surface area (Å²) in [6.45, 7) is 12.1. The minimum atomic E-state index is -0.386. The molecule has 0 aromatic rings. The highest BCUT2D eigenvalue weighted by atomic mass is 16.6. The Morgan fingerprint density at radius 1 is 0.905 bits per heavy atom. The van der Waals surface area contributed by atoms with Gasteiger partial charge in [0.25, 0.3) is 0 Å². The predicted octanol–water partition coefficient (Wildman–Crippen LogP) is 1.17. The summed E-state index contributed by atoms with van der Waals surface area (Å²) in [5.41, 5.74) is 0.165. The van der Waals surface area contributed by atoms with Crippen molar-refractivity contribution in [1.29, 1.82) is 0 Å². The lowest BCUT2D eigenvalue weighted by Gasteiger charge is -2.19. The summed E-state index contributed by atoms with van der Waals surface area (Å²) in [6.07, 6.45) is 0. The molecule has 124 valence electrons. The highest BCUT2D eigenvalue weighted by molar-refractivity contribution is 5.88. The molecular weight excluding hydrogens is 276 g/mol. The molecule has 0 saturated carbocycles. The number of carbonyl (C=O) groups is 1. The van der Waals surface area contributed by atoms with Crippen LogP contribution in [0.5, 0.6) is 0 Å². The van der Waals surface area contributed by atoms with E-state index < -0.39 is 0 Å². The van der Waals surface area contributed by atoms with Gasteiger partial charge in [-0.2, -0.15) is 0 Å². The maximum atomic E-state index is 11.6. The van der Waals surface area contributed by atoms with Crippen LogP contribution in [-0.4, -0.2) is 63.9 Å². The number of carbonyl (C=O) groups excluding carboxylic acids is 1. The lowest BCUT2D eigenvalue weighted by atomic mass is 9.88. The molecule has 6 nitrogen and oxygen atoms in total. The van der Waals surface area contributed by atoms with Crippen LogP contribution in [0.3, 0.4) is 0 Å². The van der Waals surface area contributed by atoms with E-state index in [1.807, 2.05) is 20.8 Å². The fourth-order valence-corrected chi connectivity index (χ4v) is 1.19. The molecule has 6 heteroatoms. The van der Waals surface area contributed by atoms with Gasteiger partial charge in [-0.25, -0.2) is 4.79 Å². The molecule has 0 amide bonds. The van der Waals surface area contributed by atoms with Crippen molar-refractivity contribution < 1.29 is 28.8 Å². The van der Waals surface area contributed by atoms with Crippen LogP contribution in [0.15, 0.2) is 12.2 Å². The summed E-state index contributed by atoms with van der Waals surface area (Å²) in [5.74, 6) is -0.386. The van der Waals surface area contributed by atoms with Gasteiger partial charge in [0.15, 0.2) is 0 Å². The number of aliphatic hydroxyl groups is 1. The number of hydrogen-bond acceptors (Lipinski definition) is 6. The molecule has 0 spiro atoms. The van der Waals surface area contributed by atoms with Crippen LogP contribution >= 0.6 is 0 Å². The number of esters is 1. The van der Waals surface area contributed by atoms with Crippen molar-refractivity contribution in [1.82, 2.24) is 0 Å². The Labute approximate surface area is 127 Å². The van der Waals surface area contributed by atoms with Gasteiger partial charge in [0.1, 0.15) is 6.61 Å². The average Bonchev–Trinajstić information content (AvgIpc) is 2.42. The Balaban J connectivity index is 3.37. The molecule has 0 bridgehead atoms. The van der Waals surface area contributed by atoms with Crippen molar-refractivity contribution in [2.75, 3.05) is 52.9 Å². The first-order valence-electron chi connectivity index (χ1n) is 7.10. The van der Waals surface area contributed by atoms with Crippen LogP contribution in [0.1, 0.15) is 20.8 Å². The van der Waals surface area contributed by atoms with Crippen LogP contribution in [0.2, 0.25) is 0 Å². The first kappa shape index (κ1) is 20.1. The predicted molar refractivity (Wildman–Crippen MR) is 79.1 cm³/mol. The van der Waals surface area contributed by atoms with Crippen molar-refractivity contribution in [3.05, 3.63) is 12.2 Å². The van der Waals surface area contributed by atoms with Crippen LogP contribution in [0, 0.1) is 5.41 Å². The zero-order valence-electron chi connectivity index (χ0n) is 13.4. The fourth-order valence-electron chi connectivity index (χ4n) is 1.19. The maximum absolute atomic E-state index is 11.6. The summed E-state index contributed by atoms with van der Waals surface area (Å²) in [6, 6.07) is 0. The van der Waals surface area contributed by atoms with Crippen LogP contribution in [0.4, 0.5) is 0 Å². The Hall–Kier alpha value is -0.950. The highest BCUT2D eigenvalue weighted by Gasteiger charge is 2.22. The molecule has 0 radical (unpaired) electrons. The second-order valence-corrected chi connectivity index (χ2v) is 5.43. The van der Waals surface area contributed by atoms with E-state index >= 15 is 0 Å². The minimum Gasteiger partial charge on any atom is -0.460 e. The third-order valence-corrected chi connectivity index (χ3v) is 2.59. The molecule has 0 aliphatic rings. The standard InChI is InChI=1S/C15H28O6/c1-13(15(2,3)4)14(17)21-12-11-20-10-9-19-8-7-18-6-5-16/h16H,1,5-12H2,2-4H3. The SMILES string of the molecule is C=C(C(=O)OCCOCCOCCOCCO)C(C)(C)C. The monoisotopic (exact) mass is 304 g/mol. The molecule has 21 heavy (non-hydrogen) atoms. The van der Waals surface area contributed by atoms with E-state index in [4.69, 9.17) is 24.1 Å². The molecule has 0 heterocycles. The first-order valence-corrected chi connectivity index (χ1v) is 7.10. The van der Waals surface area contributed by atoms with E-state index in [0.717, 1.165) is 0 Å². The molecule has 0 rings (SSSR count). The quantitative estimate of drug-likeness (QED) is 0.331. The third kappa shape index (κ3) is 11.4. The second kappa shape index (κ2) is 11.7. The van der Waals surface area contributed by atoms with Crippen LogP contribution < -0.4 is 0 Å². The van der Waals surface area contributed by atoms with Crippen molar-refractivity contribution in [3.8, 4) is 0 Å². The number of aliphatic hydroxyl groups excluding tert-OH is 1. The van der Waals surface area contributed by atoms with Gasteiger partial charge in [-0.05, 0) is 5.41 Å². The number of rotatable bonds is 12. The molecule has 0 atom stereocenters. The third-order valence-electron chi connectivity index (χ3n) is 2.59. The van der Waals surface area contributed by atoms with Gasteiger partial charge in [0.05, 0.1) is 46.2 Å². The average molecular weight is 304 g/mol. The molecule has 0 fully saturated rings. The normalized spacial score (nSPS) is 11.4. The molecule has 0 aliphatic heterocycles. The second-order valence-electron chi connectivity index (χ2n) is 5.43. The zero-order chi connectivity index (χ0) is 16.1. The van der Waals surface area contributed by atoms with E-state index in [1.165, 1.54) is 0 Å². The molecule has 0 unspecified atom stereocenters. The molecule has 0 aromatic heterocycles. The number of hydrogen-bond donors (Lipinski definition) is 1. The van der Waals surface area contributed by atoms with E-state index in [2.05, 4.69) is 6.58 Å². The lowest BCUT2D eigenvalue weighted by molar-refractivity contribution is -0.141. The van der Waals surface area contributed by atoms with E-state index in [-0.39, 0.29) is 24.6 Å². The summed E-state index contributed by atoms with van der Waals surface area (Å²) >= 11 is 0. The van der Waals surface area contributed by atoms with Gasteiger partial charge < -0.3 is 24.1 Å². The first-order chi connectivity index (χ1) is 9.89. The van der Waals surface area contributed by atoms with Gasteiger partial charge in [-0.15, -0.1) is 0 Å². The van der Waals surface area contributed by atoms with Gasteiger partial charge >= 0.3 is 5.97 Å².